The van der Waals surface area contributed by atoms with Gasteiger partial charge in [-0.3, -0.25) is 9.10 Å². The van der Waals surface area contributed by atoms with Crippen LogP contribution in [0.4, 0.5) is 5.69 Å². The molecule has 0 bridgehead atoms. The highest BCUT2D eigenvalue weighted by Crippen LogP contribution is 2.24. The molecule has 0 aliphatic carbocycles. The van der Waals surface area contributed by atoms with Crippen molar-refractivity contribution in [1.82, 2.24) is 5.32 Å². The Hall–Kier alpha value is -1.99. The van der Waals surface area contributed by atoms with Crippen molar-refractivity contribution < 1.29 is 13.2 Å². The van der Waals surface area contributed by atoms with Crippen molar-refractivity contribution in [3.05, 3.63) is 59.7 Å². The highest BCUT2D eigenvalue weighted by Gasteiger charge is 2.29. The second-order valence-electron chi connectivity index (χ2n) is 6.46. The minimum atomic E-state index is -3.60. The van der Waals surface area contributed by atoms with Crippen LogP contribution in [-0.2, 0) is 14.8 Å². The summed E-state index contributed by atoms with van der Waals surface area (Å²) in [5, 5.41) is 2.84. The second kappa shape index (κ2) is 9.28. The van der Waals surface area contributed by atoms with Crippen LogP contribution in [-0.4, -0.2) is 38.9 Å². The van der Waals surface area contributed by atoms with Crippen LogP contribution in [0.2, 0.25) is 0 Å². The molecular weight excluding hydrogens is 380 g/mol. The molecule has 2 aromatic carbocycles. The van der Waals surface area contributed by atoms with Crippen LogP contribution in [0.5, 0.6) is 0 Å². The highest BCUT2D eigenvalue weighted by atomic mass is 32.2. The van der Waals surface area contributed by atoms with E-state index in [9.17, 15) is 13.2 Å². The van der Waals surface area contributed by atoms with E-state index in [1.54, 1.807) is 30.8 Å². The molecule has 1 amide bonds. The van der Waals surface area contributed by atoms with Gasteiger partial charge in [-0.05, 0) is 56.2 Å². The topological polar surface area (TPSA) is 66.5 Å². The van der Waals surface area contributed by atoms with Gasteiger partial charge in [-0.15, -0.1) is 11.8 Å². The number of benzene rings is 2. The van der Waals surface area contributed by atoms with Gasteiger partial charge in [-0.2, -0.15) is 0 Å². The van der Waals surface area contributed by atoms with E-state index in [2.05, 4.69) is 5.32 Å². The fraction of sp³-hybridized carbons (Fsp3) is 0.350. The number of hydrogen-bond donors (Lipinski definition) is 1. The van der Waals surface area contributed by atoms with E-state index >= 15 is 0 Å². The van der Waals surface area contributed by atoms with Gasteiger partial charge in [0.05, 0.1) is 11.9 Å². The lowest BCUT2D eigenvalue weighted by atomic mass is 10.1. The third-order valence-electron chi connectivity index (χ3n) is 4.25. The van der Waals surface area contributed by atoms with Crippen LogP contribution in [0.1, 0.15) is 18.1 Å². The first kappa shape index (κ1) is 21.3. The van der Waals surface area contributed by atoms with E-state index in [0.29, 0.717) is 18.0 Å². The van der Waals surface area contributed by atoms with Crippen molar-refractivity contribution in [2.75, 3.05) is 22.9 Å². The maximum atomic E-state index is 12.5. The first-order valence-electron chi connectivity index (χ1n) is 8.72. The van der Waals surface area contributed by atoms with Gasteiger partial charge in [-0.25, -0.2) is 8.42 Å². The van der Waals surface area contributed by atoms with Crippen LogP contribution in [0.15, 0.2) is 53.4 Å². The van der Waals surface area contributed by atoms with Crippen molar-refractivity contribution in [2.45, 2.75) is 31.7 Å². The summed E-state index contributed by atoms with van der Waals surface area (Å²) in [5.74, 6) is 0.401. The molecule has 0 heterocycles. The molecule has 1 atom stereocenters. The van der Waals surface area contributed by atoms with Gasteiger partial charge in [0.15, 0.2) is 0 Å². The average molecular weight is 407 g/mol. The smallest absolute Gasteiger partial charge is 0.243 e. The Labute approximate surface area is 166 Å². The summed E-state index contributed by atoms with van der Waals surface area (Å²) in [6.07, 6.45) is 1.12. The zero-order chi connectivity index (χ0) is 20.0. The normalized spacial score (nSPS) is 12.4. The number of aryl methyl sites for hydroxylation is 2. The van der Waals surface area contributed by atoms with E-state index in [4.69, 9.17) is 0 Å². The minimum Gasteiger partial charge on any atom is -0.353 e. The molecule has 0 saturated heterocycles. The Balaban J connectivity index is 2.03. The number of nitrogens with one attached hydrogen (secondary N) is 1. The van der Waals surface area contributed by atoms with E-state index in [1.165, 1.54) is 4.31 Å². The summed E-state index contributed by atoms with van der Waals surface area (Å²) < 4.78 is 25.8. The Morgan fingerprint density at radius 2 is 1.78 bits per heavy atom. The van der Waals surface area contributed by atoms with Gasteiger partial charge in [-0.1, -0.05) is 24.3 Å². The maximum absolute atomic E-state index is 12.5. The number of rotatable bonds is 8. The highest BCUT2D eigenvalue weighted by molar-refractivity contribution is 7.99. The minimum absolute atomic E-state index is 0.313. The number of hydrogen-bond acceptors (Lipinski definition) is 4. The molecule has 0 fully saturated rings. The van der Waals surface area contributed by atoms with E-state index in [0.717, 1.165) is 22.3 Å². The number of thioether (sulfide) groups is 1. The summed E-state index contributed by atoms with van der Waals surface area (Å²) in [5.41, 5.74) is 2.55. The molecule has 0 aliphatic rings. The quantitative estimate of drug-likeness (QED) is 0.539. The standard InChI is InChI=1S/C20H26N2O3S2/c1-15-10-11-18(14-16(15)2)22(27(4,24)25)17(3)20(23)21-12-13-26-19-8-6-5-7-9-19/h5-11,14,17H,12-13H2,1-4H3,(H,21,23)/t17-/m0/s1. The molecule has 7 heteroatoms. The third-order valence-corrected chi connectivity index (χ3v) is 6.50. The van der Waals surface area contributed by atoms with Gasteiger partial charge in [0.2, 0.25) is 15.9 Å². The van der Waals surface area contributed by atoms with Gasteiger partial charge in [0.1, 0.15) is 6.04 Å². The zero-order valence-corrected chi connectivity index (χ0v) is 17.7. The van der Waals surface area contributed by atoms with Crippen molar-refractivity contribution in [3.63, 3.8) is 0 Å². The summed E-state index contributed by atoms with van der Waals surface area (Å²) in [6, 6.07) is 14.5. The Kier molecular flexibility index (Phi) is 7.33. The monoisotopic (exact) mass is 406 g/mol. The number of anilines is 1. The molecule has 0 saturated carbocycles. The van der Waals surface area contributed by atoms with Crippen LogP contribution >= 0.6 is 11.8 Å². The molecule has 1 N–H and O–H groups in total. The van der Waals surface area contributed by atoms with Gasteiger partial charge in [0, 0.05) is 17.2 Å². The molecule has 0 aliphatic heterocycles. The van der Waals surface area contributed by atoms with Crippen molar-refractivity contribution in [2.24, 2.45) is 0 Å². The van der Waals surface area contributed by atoms with Crippen LogP contribution in [0.25, 0.3) is 0 Å². The van der Waals surface area contributed by atoms with Crippen molar-refractivity contribution in [3.8, 4) is 0 Å². The third kappa shape index (κ3) is 6.01. The molecule has 0 radical (unpaired) electrons. The van der Waals surface area contributed by atoms with Crippen LogP contribution in [0.3, 0.4) is 0 Å². The summed E-state index contributed by atoms with van der Waals surface area (Å²) in [7, 11) is -3.60. The van der Waals surface area contributed by atoms with E-state index in [1.807, 2.05) is 50.2 Å². The predicted octanol–water partition coefficient (Wildman–Crippen LogP) is 3.37. The lowest BCUT2D eigenvalue weighted by Gasteiger charge is -2.28. The average Bonchev–Trinajstić information content (AvgIpc) is 2.61. The first-order chi connectivity index (χ1) is 12.7. The number of carbonyl (C=O) groups excluding carboxylic acids is 1. The molecule has 27 heavy (non-hydrogen) atoms. The molecule has 2 aromatic rings. The van der Waals surface area contributed by atoms with Gasteiger partial charge >= 0.3 is 0 Å². The van der Waals surface area contributed by atoms with E-state index in [-0.39, 0.29) is 5.91 Å². The fourth-order valence-corrected chi connectivity index (χ4v) is 4.64. The fourth-order valence-electron chi connectivity index (χ4n) is 2.68. The molecule has 0 unspecified atom stereocenters. The molecule has 146 valence electrons. The van der Waals surface area contributed by atoms with Crippen molar-refractivity contribution >= 4 is 33.4 Å². The molecule has 0 spiro atoms. The van der Waals surface area contributed by atoms with Gasteiger partial charge < -0.3 is 5.32 Å². The lowest BCUT2D eigenvalue weighted by Crippen LogP contribution is -2.48. The SMILES string of the molecule is Cc1ccc(N([C@@H](C)C(=O)NCCSc2ccccc2)S(C)(=O)=O)cc1C. The summed E-state index contributed by atoms with van der Waals surface area (Å²) in [4.78, 5) is 13.7. The number of sulfonamides is 1. The summed E-state index contributed by atoms with van der Waals surface area (Å²) >= 11 is 1.64. The number of carbonyl (C=O) groups is 1. The van der Waals surface area contributed by atoms with Crippen molar-refractivity contribution in [1.29, 1.82) is 0 Å². The Morgan fingerprint density at radius 3 is 2.37 bits per heavy atom. The van der Waals surface area contributed by atoms with Crippen LogP contribution < -0.4 is 9.62 Å². The molecule has 2 rings (SSSR count). The lowest BCUT2D eigenvalue weighted by molar-refractivity contribution is -0.121. The zero-order valence-electron chi connectivity index (χ0n) is 16.1. The molecule has 5 nitrogen and oxygen atoms in total. The largest absolute Gasteiger partial charge is 0.353 e. The molecular formula is C20H26N2O3S2. The Bertz CT molecular complexity index is 883. The number of nitrogens with zero attached hydrogens (tertiary/aromatic N) is 1. The first-order valence-corrected chi connectivity index (χ1v) is 11.6. The molecule has 0 aromatic heterocycles. The van der Waals surface area contributed by atoms with E-state index < -0.39 is 16.1 Å². The van der Waals surface area contributed by atoms with Gasteiger partial charge in [0.25, 0.3) is 0 Å². The summed E-state index contributed by atoms with van der Waals surface area (Å²) in [6.45, 7) is 5.96. The Morgan fingerprint density at radius 1 is 1.11 bits per heavy atom. The van der Waals surface area contributed by atoms with Crippen LogP contribution in [0, 0.1) is 13.8 Å². The predicted molar refractivity (Wildman–Crippen MR) is 113 cm³/mol. The number of amides is 1. The maximum Gasteiger partial charge on any atom is 0.243 e. The second-order valence-corrected chi connectivity index (χ2v) is 9.48.